The van der Waals surface area contributed by atoms with Crippen LogP contribution >= 0.6 is 23.4 Å². The molecule has 1 heterocycles. The first-order chi connectivity index (χ1) is 6.62. The van der Waals surface area contributed by atoms with Crippen LogP contribution in [0.2, 0.25) is 5.02 Å². The van der Waals surface area contributed by atoms with E-state index in [1.807, 2.05) is 0 Å². The van der Waals surface area contributed by atoms with Crippen molar-refractivity contribution in [1.29, 1.82) is 0 Å². The van der Waals surface area contributed by atoms with Crippen LogP contribution in [0.3, 0.4) is 0 Å². The van der Waals surface area contributed by atoms with Gasteiger partial charge in [-0.15, -0.1) is 11.8 Å². The summed E-state index contributed by atoms with van der Waals surface area (Å²) < 4.78 is 12.8. The van der Waals surface area contributed by atoms with E-state index in [4.69, 9.17) is 11.6 Å². The average molecular weight is 232 g/mol. The molecule has 4 heteroatoms. The molecule has 14 heavy (non-hydrogen) atoms. The maximum absolute atomic E-state index is 12.8. The summed E-state index contributed by atoms with van der Waals surface area (Å²) in [5, 5.41) is 3.86. The third-order valence-electron chi connectivity index (χ3n) is 2.40. The second kappa shape index (κ2) is 3.72. The molecule has 0 bridgehead atoms. The van der Waals surface area contributed by atoms with E-state index in [2.05, 4.69) is 12.2 Å². The molecular weight excluding hydrogens is 221 g/mol. The van der Waals surface area contributed by atoms with Crippen molar-refractivity contribution in [2.45, 2.75) is 11.8 Å². The van der Waals surface area contributed by atoms with Crippen molar-refractivity contribution in [3.05, 3.63) is 34.6 Å². The highest BCUT2D eigenvalue weighted by atomic mass is 35.5. The zero-order chi connectivity index (χ0) is 10.2. The summed E-state index contributed by atoms with van der Waals surface area (Å²) in [5.74, 6) is 0.773. The van der Waals surface area contributed by atoms with Crippen LogP contribution in [0.5, 0.6) is 0 Å². The van der Waals surface area contributed by atoms with Crippen LogP contribution in [-0.4, -0.2) is 12.3 Å². The average Bonchev–Trinajstić information content (AvgIpc) is 2.52. The van der Waals surface area contributed by atoms with E-state index in [0.29, 0.717) is 5.02 Å². The second-order valence-corrected chi connectivity index (χ2v) is 5.35. The van der Waals surface area contributed by atoms with E-state index < -0.39 is 0 Å². The first-order valence-corrected chi connectivity index (χ1v) is 5.83. The van der Waals surface area contributed by atoms with E-state index in [-0.39, 0.29) is 10.7 Å². The van der Waals surface area contributed by atoms with Crippen molar-refractivity contribution in [2.75, 3.05) is 12.3 Å². The molecule has 0 aliphatic carbocycles. The molecule has 2 rings (SSSR count). The van der Waals surface area contributed by atoms with Crippen molar-refractivity contribution in [3.8, 4) is 0 Å². The summed E-state index contributed by atoms with van der Waals surface area (Å²) >= 11 is 7.81. The molecule has 1 fully saturated rings. The molecule has 1 aromatic carbocycles. The highest BCUT2D eigenvalue weighted by molar-refractivity contribution is 8.00. The molecule has 0 amide bonds. The van der Waals surface area contributed by atoms with E-state index >= 15 is 0 Å². The number of hydrogen-bond donors (Lipinski definition) is 1. The lowest BCUT2D eigenvalue weighted by molar-refractivity contribution is 0.570. The van der Waals surface area contributed by atoms with Gasteiger partial charge in [-0.3, -0.25) is 5.32 Å². The molecule has 0 aromatic heterocycles. The lowest BCUT2D eigenvalue weighted by Crippen LogP contribution is -2.31. The quantitative estimate of drug-likeness (QED) is 0.798. The third kappa shape index (κ3) is 1.76. The lowest BCUT2D eigenvalue weighted by Gasteiger charge is -2.24. The Morgan fingerprint density at radius 1 is 1.57 bits per heavy atom. The Hall–Kier alpha value is -0.250. The maximum Gasteiger partial charge on any atom is 0.124 e. The summed E-state index contributed by atoms with van der Waals surface area (Å²) in [6.07, 6.45) is 0. The van der Waals surface area contributed by atoms with Crippen LogP contribution in [0.15, 0.2) is 18.2 Å². The van der Waals surface area contributed by atoms with E-state index in [1.165, 1.54) is 12.1 Å². The molecule has 1 aromatic rings. The summed E-state index contributed by atoms with van der Waals surface area (Å²) in [5.41, 5.74) is 0.961. The Morgan fingerprint density at radius 3 is 2.93 bits per heavy atom. The number of thioether (sulfide) groups is 1. The third-order valence-corrected chi connectivity index (χ3v) is 4.06. The molecule has 76 valence electrons. The fourth-order valence-electron chi connectivity index (χ4n) is 1.65. The lowest BCUT2D eigenvalue weighted by atomic mass is 10.1. The molecule has 1 aliphatic heterocycles. The van der Waals surface area contributed by atoms with Gasteiger partial charge in [0.15, 0.2) is 0 Å². The number of rotatable bonds is 1. The Balaban J connectivity index is 2.40. The fraction of sp³-hybridized carbons (Fsp3) is 0.400. The number of hydrogen-bond acceptors (Lipinski definition) is 2. The largest absolute Gasteiger partial charge is 0.298 e. The minimum absolute atomic E-state index is 0.162. The van der Waals surface area contributed by atoms with Gasteiger partial charge in [0.1, 0.15) is 5.82 Å². The summed E-state index contributed by atoms with van der Waals surface area (Å²) in [6.45, 7) is 3.04. The van der Waals surface area contributed by atoms with Gasteiger partial charge in [0.25, 0.3) is 0 Å². The van der Waals surface area contributed by atoms with Gasteiger partial charge < -0.3 is 0 Å². The fourth-order valence-corrected chi connectivity index (χ4v) is 3.21. The highest BCUT2D eigenvalue weighted by Crippen LogP contribution is 2.40. The highest BCUT2D eigenvalue weighted by Gasteiger charge is 2.32. The summed E-state index contributed by atoms with van der Waals surface area (Å²) in [4.78, 5) is -0.162. The van der Waals surface area contributed by atoms with Gasteiger partial charge >= 0.3 is 0 Å². The monoisotopic (exact) mass is 231 g/mol. The Morgan fingerprint density at radius 2 is 2.36 bits per heavy atom. The Bertz CT molecular complexity index is 350. The first kappa shape index (κ1) is 10.3. The van der Waals surface area contributed by atoms with Crippen LogP contribution in [0.25, 0.3) is 0 Å². The van der Waals surface area contributed by atoms with Crippen molar-refractivity contribution >= 4 is 23.4 Å². The Kier molecular flexibility index (Phi) is 2.73. The Labute approximate surface area is 92.0 Å². The zero-order valence-corrected chi connectivity index (χ0v) is 9.38. The maximum atomic E-state index is 12.8. The van der Waals surface area contributed by atoms with Gasteiger partial charge in [-0.2, -0.15) is 0 Å². The molecule has 1 aliphatic rings. The number of halogens is 2. The molecule has 1 N–H and O–H groups in total. The molecule has 0 saturated carbocycles. The molecule has 1 unspecified atom stereocenters. The van der Waals surface area contributed by atoms with Crippen LogP contribution in [0.4, 0.5) is 4.39 Å². The van der Waals surface area contributed by atoms with Gasteiger partial charge in [0, 0.05) is 22.9 Å². The molecule has 1 nitrogen and oxygen atoms in total. The summed E-state index contributed by atoms with van der Waals surface area (Å²) in [7, 11) is 0. The number of nitrogens with one attached hydrogen (secondary N) is 1. The minimum Gasteiger partial charge on any atom is -0.298 e. The van der Waals surface area contributed by atoms with Gasteiger partial charge in [0.2, 0.25) is 0 Å². The second-order valence-electron chi connectivity index (χ2n) is 3.43. The standard InChI is InChI=1S/C10H11ClFNS/c1-10(13-4-5-14-10)8-3-2-7(12)6-9(8)11/h2-3,6,13H,4-5H2,1H3. The van der Waals surface area contributed by atoms with Gasteiger partial charge in [0.05, 0.1) is 4.87 Å². The van der Waals surface area contributed by atoms with E-state index in [9.17, 15) is 4.39 Å². The SMILES string of the molecule is CC1(c2ccc(F)cc2Cl)NCCS1. The summed E-state index contributed by atoms with van der Waals surface area (Å²) in [6, 6.07) is 4.57. The number of benzene rings is 1. The van der Waals surface area contributed by atoms with Crippen LogP contribution in [0, 0.1) is 5.82 Å². The van der Waals surface area contributed by atoms with Crippen LogP contribution in [0.1, 0.15) is 12.5 Å². The van der Waals surface area contributed by atoms with Crippen molar-refractivity contribution < 1.29 is 4.39 Å². The molecular formula is C10H11ClFNS. The predicted molar refractivity (Wildman–Crippen MR) is 59.2 cm³/mol. The molecule has 0 spiro atoms. The van der Waals surface area contributed by atoms with Crippen molar-refractivity contribution in [2.24, 2.45) is 0 Å². The van der Waals surface area contributed by atoms with E-state index in [0.717, 1.165) is 17.9 Å². The smallest absolute Gasteiger partial charge is 0.124 e. The topological polar surface area (TPSA) is 12.0 Å². The zero-order valence-electron chi connectivity index (χ0n) is 7.81. The van der Waals surface area contributed by atoms with Crippen molar-refractivity contribution in [3.63, 3.8) is 0 Å². The minimum atomic E-state index is -0.287. The first-order valence-electron chi connectivity index (χ1n) is 4.46. The van der Waals surface area contributed by atoms with E-state index in [1.54, 1.807) is 17.8 Å². The normalized spacial score (nSPS) is 26.8. The molecule has 1 saturated heterocycles. The van der Waals surface area contributed by atoms with Gasteiger partial charge in [-0.05, 0) is 19.1 Å². The molecule has 0 radical (unpaired) electrons. The predicted octanol–water partition coefficient (Wildman–Crippen LogP) is 2.99. The molecule has 1 atom stereocenters. The van der Waals surface area contributed by atoms with Crippen molar-refractivity contribution in [1.82, 2.24) is 5.32 Å². The van der Waals surface area contributed by atoms with Crippen LogP contribution in [-0.2, 0) is 4.87 Å². The van der Waals surface area contributed by atoms with Gasteiger partial charge in [-0.25, -0.2) is 4.39 Å². The van der Waals surface area contributed by atoms with Gasteiger partial charge in [-0.1, -0.05) is 17.7 Å². The van der Waals surface area contributed by atoms with Crippen LogP contribution < -0.4 is 5.32 Å².